The Bertz CT molecular complexity index is 581. The summed E-state index contributed by atoms with van der Waals surface area (Å²) in [5, 5.41) is 0.618. The maximum Gasteiger partial charge on any atom is 0.127 e. The first-order valence-corrected chi connectivity index (χ1v) is 6.85. The molecule has 20 heavy (non-hydrogen) atoms. The van der Waals surface area contributed by atoms with Gasteiger partial charge in [-0.3, -0.25) is 4.90 Å². The summed E-state index contributed by atoms with van der Waals surface area (Å²) in [6.45, 7) is 2.63. The van der Waals surface area contributed by atoms with Crippen molar-refractivity contribution >= 4 is 17.3 Å². The van der Waals surface area contributed by atoms with E-state index in [1.807, 2.05) is 38.2 Å². The van der Waals surface area contributed by atoms with Crippen molar-refractivity contribution in [2.24, 2.45) is 0 Å². The number of anilines is 1. The molecule has 2 rings (SSSR count). The van der Waals surface area contributed by atoms with Crippen molar-refractivity contribution in [3.05, 3.63) is 64.4 Å². The highest BCUT2D eigenvalue weighted by atomic mass is 35.5. The summed E-state index contributed by atoms with van der Waals surface area (Å²) in [5.41, 5.74) is 8.12. The second-order valence-electron chi connectivity index (χ2n) is 5.01. The second kappa shape index (κ2) is 6.25. The largest absolute Gasteiger partial charge is 0.399 e. The molecule has 0 radical (unpaired) electrons. The molecule has 0 bridgehead atoms. The lowest BCUT2D eigenvalue weighted by Crippen LogP contribution is -2.22. The van der Waals surface area contributed by atoms with Crippen LogP contribution in [0.1, 0.15) is 24.1 Å². The van der Waals surface area contributed by atoms with Crippen LogP contribution in [0.5, 0.6) is 0 Å². The number of halogens is 2. The average molecular weight is 293 g/mol. The van der Waals surface area contributed by atoms with E-state index >= 15 is 0 Å². The summed E-state index contributed by atoms with van der Waals surface area (Å²) in [4.78, 5) is 2.06. The maximum absolute atomic E-state index is 13.8. The molecule has 0 aliphatic carbocycles. The molecule has 0 spiro atoms. The van der Waals surface area contributed by atoms with Gasteiger partial charge >= 0.3 is 0 Å². The van der Waals surface area contributed by atoms with E-state index in [9.17, 15) is 4.39 Å². The van der Waals surface area contributed by atoms with E-state index in [0.29, 0.717) is 22.8 Å². The first-order chi connectivity index (χ1) is 9.47. The van der Waals surface area contributed by atoms with Gasteiger partial charge in [0.05, 0.1) is 0 Å². The Hall–Kier alpha value is -1.58. The van der Waals surface area contributed by atoms with Crippen LogP contribution in [0.25, 0.3) is 0 Å². The molecule has 0 fully saturated rings. The molecule has 1 atom stereocenters. The predicted molar refractivity (Wildman–Crippen MR) is 82.1 cm³/mol. The first kappa shape index (κ1) is 14.8. The summed E-state index contributed by atoms with van der Waals surface area (Å²) in [7, 11) is 1.95. The Kier molecular flexibility index (Phi) is 4.63. The number of nitrogens with two attached hydrogens (primary N) is 1. The lowest BCUT2D eigenvalue weighted by molar-refractivity contribution is 0.248. The van der Waals surface area contributed by atoms with E-state index in [2.05, 4.69) is 4.90 Å². The van der Waals surface area contributed by atoms with E-state index in [-0.39, 0.29) is 11.9 Å². The van der Waals surface area contributed by atoms with Crippen LogP contribution < -0.4 is 5.73 Å². The summed E-state index contributed by atoms with van der Waals surface area (Å²) < 4.78 is 13.8. The molecular weight excluding hydrogens is 275 g/mol. The number of hydrogen-bond acceptors (Lipinski definition) is 2. The molecule has 2 aromatic rings. The molecule has 2 nitrogen and oxygen atoms in total. The molecule has 0 aromatic heterocycles. The van der Waals surface area contributed by atoms with Crippen LogP contribution in [0.15, 0.2) is 42.5 Å². The second-order valence-corrected chi connectivity index (χ2v) is 5.44. The van der Waals surface area contributed by atoms with Crippen molar-refractivity contribution in [3.8, 4) is 0 Å². The van der Waals surface area contributed by atoms with Gasteiger partial charge in [0, 0.05) is 28.9 Å². The molecule has 0 aliphatic heterocycles. The molecule has 0 aliphatic rings. The third-order valence-corrected chi connectivity index (χ3v) is 3.65. The lowest BCUT2D eigenvalue weighted by Gasteiger charge is -2.25. The van der Waals surface area contributed by atoms with Crippen LogP contribution in [0.3, 0.4) is 0 Å². The molecule has 4 heteroatoms. The quantitative estimate of drug-likeness (QED) is 0.854. The number of benzene rings is 2. The van der Waals surface area contributed by atoms with Gasteiger partial charge in [0.2, 0.25) is 0 Å². The Morgan fingerprint density at radius 3 is 2.60 bits per heavy atom. The zero-order valence-corrected chi connectivity index (χ0v) is 12.4. The minimum Gasteiger partial charge on any atom is -0.399 e. The van der Waals surface area contributed by atoms with E-state index in [4.69, 9.17) is 17.3 Å². The van der Waals surface area contributed by atoms with E-state index in [0.717, 1.165) is 5.56 Å². The fourth-order valence-electron chi connectivity index (χ4n) is 2.24. The maximum atomic E-state index is 13.8. The highest BCUT2D eigenvalue weighted by Crippen LogP contribution is 2.24. The SMILES string of the molecule is CC(c1ccccc1F)N(C)Cc1cc(N)cc(Cl)c1. The topological polar surface area (TPSA) is 29.3 Å². The molecule has 2 N–H and O–H groups in total. The Balaban J connectivity index is 2.15. The fourth-order valence-corrected chi connectivity index (χ4v) is 2.51. The highest BCUT2D eigenvalue weighted by molar-refractivity contribution is 6.30. The van der Waals surface area contributed by atoms with Crippen molar-refractivity contribution in [2.45, 2.75) is 19.5 Å². The van der Waals surface area contributed by atoms with E-state index < -0.39 is 0 Å². The minimum atomic E-state index is -0.183. The standard InChI is InChI=1S/C16H18ClFN2/c1-11(15-5-3-4-6-16(15)18)20(2)10-12-7-13(17)9-14(19)8-12/h3-9,11H,10,19H2,1-2H3. The predicted octanol–water partition coefficient (Wildman–Crippen LogP) is 4.25. The molecule has 1 unspecified atom stereocenters. The van der Waals surface area contributed by atoms with Gasteiger partial charge in [0.15, 0.2) is 0 Å². The molecule has 0 amide bonds. The lowest BCUT2D eigenvalue weighted by atomic mass is 10.1. The monoisotopic (exact) mass is 292 g/mol. The smallest absolute Gasteiger partial charge is 0.127 e. The van der Waals surface area contributed by atoms with Gasteiger partial charge in [-0.1, -0.05) is 29.8 Å². The van der Waals surface area contributed by atoms with Gasteiger partial charge in [-0.15, -0.1) is 0 Å². The minimum absolute atomic E-state index is 0.0311. The van der Waals surface area contributed by atoms with Gasteiger partial charge in [-0.25, -0.2) is 4.39 Å². The molecule has 0 saturated carbocycles. The molecular formula is C16H18ClFN2. The van der Waals surface area contributed by atoms with Gasteiger partial charge in [-0.2, -0.15) is 0 Å². The fraction of sp³-hybridized carbons (Fsp3) is 0.250. The van der Waals surface area contributed by atoms with Gasteiger partial charge in [0.1, 0.15) is 5.82 Å². The van der Waals surface area contributed by atoms with E-state index in [1.54, 1.807) is 12.1 Å². The van der Waals surface area contributed by atoms with Crippen LogP contribution in [0.2, 0.25) is 5.02 Å². The molecule has 106 valence electrons. The molecule has 2 aromatic carbocycles. The van der Waals surface area contributed by atoms with E-state index in [1.165, 1.54) is 6.07 Å². The number of rotatable bonds is 4. The van der Waals surface area contributed by atoms with Crippen molar-refractivity contribution in [2.75, 3.05) is 12.8 Å². The summed E-state index contributed by atoms with van der Waals surface area (Å²) in [6.07, 6.45) is 0. The zero-order chi connectivity index (χ0) is 14.7. The third-order valence-electron chi connectivity index (χ3n) is 3.43. The number of nitrogens with zero attached hydrogens (tertiary/aromatic N) is 1. The van der Waals surface area contributed by atoms with Crippen LogP contribution in [-0.2, 0) is 6.54 Å². The third kappa shape index (κ3) is 3.50. The number of hydrogen-bond donors (Lipinski definition) is 1. The highest BCUT2D eigenvalue weighted by Gasteiger charge is 2.15. The van der Waals surface area contributed by atoms with Crippen LogP contribution in [-0.4, -0.2) is 11.9 Å². The van der Waals surface area contributed by atoms with Crippen molar-refractivity contribution in [1.29, 1.82) is 0 Å². The van der Waals surface area contributed by atoms with Crippen LogP contribution >= 0.6 is 11.6 Å². The Morgan fingerprint density at radius 1 is 1.25 bits per heavy atom. The van der Waals surface area contributed by atoms with Crippen LogP contribution in [0.4, 0.5) is 10.1 Å². The average Bonchev–Trinajstić information content (AvgIpc) is 2.37. The van der Waals surface area contributed by atoms with Gasteiger partial charge in [0.25, 0.3) is 0 Å². The molecule has 0 saturated heterocycles. The zero-order valence-electron chi connectivity index (χ0n) is 11.6. The van der Waals surface area contributed by atoms with Crippen molar-refractivity contribution < 1.29 is 4.39 Å². The summed E-state index contributed by atoms with van der Waals surface area (Å²) in [5.74, 6) is -0.183. The van der Waals surface area contributed by atoms with Gasteiger partial charge in [-0.05, 0) is 43.8 Å². The summed E-state index contributed by atoms with van der Waals surface area (Å²) in [6, 6.07) is 12.3. The summed E-state index contributed by atoms with van der Waals surface area (Å²) >= 11 is 6.00. The Morgan fingerprint density at radius 2 is 1.95 bits per heavy atom. The van der Waals surface area contributed by atoms with Crippen molar-refractivity contribution in [1.82, 2.24) is 4.90 Å². The Labute approximate surface area is 124 Å². The normalized spacial score (nSPS) is 12.7. The van der Waals surface area contributed by atoms with Crippen LogP contribution in [0, 0.1) is 5.82 Å². The molecule has 0 heterocycles. The number of nitrogen functional groups attached to an aromatic ring is 1. The van der Waals surface area contributed by atoms with Crippen molar-refractivity contribution in [3.63, 3.8) is 0 Å². The first-order valence-electron chi connectivity index (χ1n) is 6.47. The van der Waals surface area contributed by atoms with Gasteiger partial charge < -0.3 is 5.73 Å².